The van der Waals surface area contributed by atoms with E-state index >= 15 is 0 Å². The van der Waals surface area contributed by atoms with Crippen LogP contribution < -0.4 is 0 Å². The van der Waals surface area contributed by atoms with Gasteiger partial charge in [0.2, 0.25) is 0 Å². The van der Waals surface area contributed by atoms with E-state index in [1.165, 1.54) is 301 Å². The minimum atomic E-state index is -0.00218. The summed E-state index contributed by atoms with van der Waals surface area (Å²) in [5.74, 6) is 0. The molecule has 0 fully saturated rings. The Labute approximate surface area is 808 Å². The Morgan fingerprint density at radius 3 is 0.993 bits per heavy atom. The van der Waals surface area contributed by atoms with Crippen LogP contribution in [0.15, 0.2) is 395 Å². The minimum Gasteiger partial charge on any atom is -0.315 e. The Morgan fingerprint density at radius 2 is 0.479 bits per heavy atom. The van der Waals surface area contributed by atoms with E-state index in [9.17, 15) is 0 Å². The molecule has 0 aliphatic heterocycles. The molecule has 10 heterocycles. The number of benzene rings is 20. The largest absolute Gasteiger partial charge is 0.315 e. The van der Waals surface area contributed by atoms with E-state index < -0.39 is 0 Å². The van der Waals surface area contributed by atoms with Crippen LogP contribution in [0.25, 0.3) is 245 Å². The molecule has 0 saturated carbocycles. The van der Waals surface area contributed by atoms with Gasteiger partial charge in [0.1, 0.15) is 0 Å². The van der Waals surface area contributed by atoms with Crippen molar-refractivity contribution in [3.8, 4) is 55.6 Å². The number of aromatic nitrogens is 5. The maximum Gasteiger partial charge on any atom is 0.0614 e. The van der Waals surface area contributed by atoms with Crippen LogP contribution >= 0.6 is 0 Å². The van der Waals surface area contributed by atoms with Crippen LogP contribution in [0.1, 0.15) is 125 Å². The van der Waals surface area contributed by atoms with Crippen LogP contribution in [0.2, 0.25) is 0 Å². The second kappa shape index (κ2) is 27.0. The Morgan fingerprint density at radius 1 is 0.150 bits per heavy atom. The second-order valence-corrected chi connectivity index (χ2v) is 43.3. The number of hydrogen-bond acceptors (Lipinski definition) is 0. The first kappa shape index (κ1) is 78.6. The van der Waals surface area contributed by atoms with Crippen molar-refractivity contribution in [1.82, 2.24) is 22.0 Å². The van der Waals surface area contributed by atoms with E-state index in [1.807, 2.05) is 0 Å². The van der Waals surface area contributed by atoms with Crippen LogP contribution in [0.3, 0.4) is 0 Å². The molecule has 20 aromatic carbocycles. The molecule has 5 heteroatoms. The summed E-state index contributed by atoms with van der Waals surface area (Å²) in [4.78, 5) is 0. The average Bonchev–Trinajstić information content (AvgIpc) is 1.53. The third-order valence-electron chi connectivity index (χ3n) is 34.6. The Hall–Kier alpha value is -16.6. The molecule has 0 bridgehead atoms. The van der Waals surface area contributed by atoms with Crippen LogP contribution in [-0.4, -0.2) is 22.0 Å². The highest BCUT2D eigenvalue weighted by Crippen LogP contribution is 2.62. The molecule has 5 nitrogen and oxygen atoms in total. The molecule has 0 radical (unpaired) electrons. The highest BCUT2D eigenvalue weighted by molar-refractivity contribution is 6.32. The molecule has 660 valence electrons. The number of nitrogens with zero attached hydrogens (tertiary/aromatic N) is 5. The predicted molar refractivity (Wildman–Crippen MR) is 593 cm³/mol. The van der Waals surface area contributed by atoms with Gasteiger partial charge in [-0.15, -0.1) is 0 Å². The topological polar surface area (TPSA) is 22.1 Å². The van der Waals surface area contributed by atoms with Gasteiger partial charge in [-0.25, -0.2) is 0 Å². The van der Waals surface area contributed by atoms with Crippen molar-refractivity contribution < 1.29 is 0 Å². The second-order valence-electron chi connectivity index (χ2n) is 43.3. The first-order valence-electron chi connectivity index (χ1n) is 49.8. The fourth-order valence-electron chi connectivity index (χ4n) is 28.3. The van der Waals surface area contributed by atoms with Gasteiger partial charge in [-0.2, -0.15) is 0 Å². The standard InChI is InChI=1S/5C27H19N/c1-27(2)21-10-6-5-9-19(21)24-22(27)14-18-11-12-28-23-15-17-8-4-3-7-16(17)13-20(23)25(24)26(18)28;1-27(2)22-10-6-5-9-19(22)21-15-17-13-14-28-25(17)23(24(21)27)20-12-11-16-7-3-4-8-18(16)26(20)28;1-27(2)21-10-6-5-9-19(21)23-22(27)15-17-13-14-28-25(17)24(23)20-12-11-16-7-3-4-8-18(16)26(20)28;1-27(2)20-10-6-5-9-19(20)23-21(27)15-17-13-14-28-22-12-11-16-7-3-4-8-18(16)24(22)25(23)26(17)28;1-27(2)22-10-6-5-9-18(22)20-15-21-24-17-8-4-3-7-16(17)11-12-23(24)28-14-13-19(25(20)27)26(21)28/h5*3-15H,1-2H3. The van der Waals surface area contributed by atoms with Crippen LogP contribution in [0, 0.1) is 0 Å². The van der Waals surface area contributed by atoms with Crippen molar-refractivity contribution in [2.45, 2.75) is 96.3 Å². The van der Waals surface area contributed by atoms with Gasteiger partial charge in [0.05, 0.1) is 55.2 Å². The highest BCUT2D eigenvalue weighted by atomic mass is 14.9. The van der Waals surface area contributed by atoms with Crippen molar-refractivity contribution in [3.05, 3.63) is 451 Å². The Kier molecular flexibility index (Phi) is 15.2. The van der Waals surface area contributed by atoms with Gasteiger partial charge in [-0.05, 0) is 239 Å². The van der Waals surface area contributed by atoms with E-state index in [1.54, 1.807) is 0 Å². The van der Waals surface area contributed by atoms with Crippen molar-refractivity contribution in [2.75, 3.05) is 0 Å². The summed E-state index contributed by atoms with van der Waals surface area (Å²) in [6.07, 6.45) is 11.2. The molecule has 140 heavy (non-hydrogen) atoms. The van der Waals surface area contributed by atoms with Gasteiger partial charge in [-0.1, -0.05) is 348 Å². The zero-order chi connectivity index (χ0) is 93.1. The summed E-state index contributed by atoms with van der Waals surface area (Å²) in [5.41, 5.74) is 42.1. The molecule has 5 aliphatic rings. The fraction of sp³-hybridized carbons (Fsp3) is 0.111. The van der Waals surface area contributed by atoms with Crippen LogP contribution in [-0.2, 0) is 27.1 Å². The maximum atomic E-state index is 2.46. The predicted octanol–water partition coefficient (Wildman–Crippen LogP) is 35.7. The summed E-state index contributed by atoms with van der Waals surface area (Å²) >= 11 is 0. The van der Waals surface area contributed by atoms with Gasteiger partial charge in [0.15, 0.2) is 0 Å². The summed E-state index contributed by atoms with van der Waals surface area (Å²) < 4.78 is 12.0. The molecular weight excluding hydrogens is 1690 g/mol. The molecule has 0 unspecified atom stereocenters. The van der Waals surface area contributed by atoms with E-state index in [-0.39, 0.29) is 27.1 Å². The van der Waals surface area contributed by atoms with Gasteiger partial charge in [0.25, 0.3) is 0 Å². The highest BCUT2D eigenvalue weighted by Gasteiger charge is 2.45. The van der Waals surface area contributed by atoms with Gasteiger partial charge < -0.3 is 22.0 Å². The average molecular weight is 1790 g/mol. The maximum absolute atomic E-state index is 2.46. The molecule has 0 spiro atoms. The van der Waals surface area contributed by atoms with Gasteiger partial charge >= 0.3 is 0 Å². The van der Waals surface area contributed by atoms with Crippen LogP contribution in [0.5, 0.6) is 0 Å². The summed E-state index contributed by atoms with van der Waals surface area (Å²) in [6, 6.07) is 135. The minimum absolute atomic E-state index is 0.00218. The van der Waals surface area contributed by atoms with Crippen LogP contribution in [0.4, 0.5) is 0 Å². The quantitative estimate of drug-likeness (QED) is 0.144. The van der Waals surface area contributed by atoms with Gasteiger partial charge in [0, 0.05) is 150 Å². The lowest BCUT2D eigenvalue weighted by atomic mass is 9.80. The molecule has 10 aromatic heterocycles. The first-order chi connectivity index (χ1) is 68.3. The molecular formula is C135H95N5. The van der Waals surface area contributed by atoms with Crippen molar-refractivity contribution >= 4 is 190 Å². The van der Waals surface area contributed by atoms with E-state index in [0.29, 0.717) is 0 Å². The Balaban J connectivity index is 0.0000000806. The fourth-order valence-corrected chi connectivity index (χ4v) is 28.3. The molecule has 0 saturated heterocycles. The normalized spacial score (nSPS) is 15.1. The zero-order valence-corrected chi connectivity index (χ0v) is 79.8. The molecule has 30 aromatic rings. The summed E-state index contributed by atoms with van der Waals surface area (Å²) in [5, 5.41) is 33.9. The Bertz CT molecular complexity index is 10600. The van der Waals surface area contributed by atoms with E-state index in [2.05, 4.69) is 486 Å². The smallest absolute Gasteiger partial charge is 0.0614 e. The third-order valence-corrected chi connectivity index (χ3v) is 34.6. The molecule has 5 aliphatic carbocycles. The summed E-state index contributed by atoms with van der Waals surface area (Å²) in [6.45, 7) is 23.7. The SMILES string of the molecule is CC1(C)c2ccccc2-c2c1cc1ccn3c4c5ccccc5ccc4c2c13.CC1(C)c2ccccc2-c2c1cc1ccn3c4cc5ccccc5cc4c2c13.CC1(C)c2ccccc2-c2c1cc1ccn3c4ccc5ccccc5c4c2c13.CC1(C)c2ccccc2-c2cc3c4c5ccccc5ccc4n4ccc(c21)c34.CC1(C)c2ccccc2-c2cc3ccn4c5c6ccccc6ccc5c(c21)c34. The molecule has 0 N–H and O–H groups in total. The monoisotopic (exact) mass is 1790 g/mol. The number of fused-ring (bicyclic) bond motifs is 44. The lowest BCUT2D eigenvalue weighted by Gasteiger charge is -2.22. The number of hydrogen-bond donors (Lipinski definition) is 0. The lowest BCUT2D eigenvalue weighted by molar-refractivity contribution is 0.661. The zero-order valence-electron chi connectivity index (χ0n) is 79.8. The van der Waals surface area contributed by atoms with E-state index in [0.717, 1.165) is 0 Å². The first-order valence-corrected chi connectivity index (χ1v) is 49.8. The van der Waals surface area contributed by atoms with Crippen molar-refractivity contribution in [1.29, 1.82) is 0 Å². The molecule has 0 atom stereocenters. The molecule has 0 amide bonds. The number of rotatable bonds is 0. The summed E-state index contributed by atoms with van der Waals surface area (Å²) in [7, 11) is 0. The molecule has 35 rings (SSSR count). The van der Waals surface area contributed by atoms with Gasteiger partial charge in [-0.3, -0.25) is 0 Å². The van der Waals surface area contributed by atoms with E-state index in [4.69, 9.17) is 0 Å². The third kappa shape index (κ3) is 9.86. The lowest BCUT2D eigenvalue weighted by Crippen LogP contribution is -2.15. The van der Waals surface area contributed by atoms with Crippen molar-refractivity contribution in [2.24, 2.45) is 0 Å². The van der Waals surface area contributed by atoms with Crippen molar-refractivity contribution in [3.63, 3.8) is 0 Å².